The third kappa shape index (κ3) is 5.16. The topological polar surface area (TPSA) is 127 Å². The molecule has 0 aromatic carbocycles. The maximum Gasteiger partial charge on any atom is 0.255 e. The van der Waals surface area contributed by atoms with E-state index in [1.54, 1.807) is 16.6 Å². The number of carbonyl (C=O) groups is 1. The highest BCUT2D eigenvalue weighted by Crippen LogP contribution is 2.26. The molecule has 4 heterocycles. The summed E-state index contributed by atoms with van der Waals surface area (Å²) in [4.78, 5) is 17.3. The van der Waals surface area contributed by atoms with Crippen LogP contribution >= 0.6 is 0 Å². The normalized spacial score (nSPS) is 16.9. The van der Waals surface area contributed by atoms with Crippen molar-refractivity contribution in [2.24, 2.45) is 5.92 Å². The second-order valence-corrected chi connectivity index (χ2v) is 9.10. The van der Waals surface area contributed by atoms with Crippen molar-refractivity contribution in [2.45, 2.75) is 32.0 Å². The number of fused-ring (bicyclic) bond motifs is 1. The van der Waals surface area contributed by atoms with Crippen LogP contribution in [0.1, 0.15) is 36.2 Å². The van der Waals surface area contributed by atoms with Crippen molar-refractivity contribution in [3.63, 3.8) is 0 Å². The van der Waals surface area contributed by atoms with E-state index in [-0.39, 0.29) is 6.54 Å². The molecule has 3 aromatic heterocycles. The number of nitrogens with zero attached hydrogens (tertiary/aromatic N) is 4. The number of anilines is 1. The molecule has 1 saturated heterocycles. The van der Waals surface area contributed by atoms with Crippen LogP contribution < -0.4 is 16.0 Å². The van der Waals surface area contributed by atoms with Crippen molar-refractivity contribution in [2.75, 3.05) is 31.5 Å². The summed E-state index contributed by atoms with van der Waals surface area (Å²) in [7, 11) is 0. The van der Waals surface area contributed by atoms with Crippen molar-refractivity contribution in [3.8, 4) is 17.5 Å². The van der Waals surface area contributed by atoms with Gasteiger partial charge in [-0.3, -0.25) is 9.78 Å². The predicted molar refractivity (Wildman–Crippen MR) is 126 cm³/mol. The maximum absolute atomic E-state index is 14.2. The van der Waals surface area contributed by atoms with E-state index in [4.69, 9.17) is 5.26 Å². The van der Waals surface area contributed by atoms with E-state index in [0.29, 0.717) is 40.7 Å². The van der Waals surface area contributed by atoms with Gasteiger partial charge in [0.15, 0.2) is 0 Å². The zero-order valence-corrected chi connectivity index (χ0v) is 19.2. The highest BCUT2D eigenvalue weighted by molar-refractivity contribution is 6.00. The number of alkyl halides is 1. The molecule has 3 aromatic rings. The summed E-state index contributed by atoms with van der Waals surface area (Å²) >= 11 is 0. The summed E-state index contributed by atoms with van der Waals surface area (Å²) in [6, 6.07) is 9.30. The van der Waals surface area contributed by atoms with E-state index in [1.165, 1.54) is 26.2 Å². The largest absolute Gasteiger partial charge is 0.387 e. The number of hydrogen-bond acceptors (Lipinski definition) is 7. The minimum Gasteiger partial charge on any atom is -0.387 e. The van der Waals surface area contributed by atoms with Crippen LogP contribution in [0.15, 0.2) is 36.7 Å². The molecule has 10 heteroatoms. The van der Waals surface area contributed by atoms with Gasteiger partial charge in [0.1, 0.15) is 12.2 Å². The van der Waals surface area contributed by atoms with Crippen LogP contribution in [0, 0.1) is 17.2 Å². The van der Waals surface area contributed by atoms with Gasteiger partial charge in [-0.2, -0.15) is 10.4 Å². The Balaban J connectivity index is 1.62. The third-order valence-electron chi connectivity index (χ3n) is 5.99. The van der Waals surface area contributed by atoms with Crippen LogP contribution in [0.25, 0.3) is 16.9 Å². The van der Waals surface area contributed by atoms with Crippen LogP contribution in [0.2, 0.25) is 0 Å². The van der Waals surface area contributed by atoms with Gasteiger partial charge in [0.05, 0.1) is 52.1 Å². The Morgan fingerprint density at radius 1 is 1.41 bits per heavy atom. The predicted octanol–water partition coefficient (Wildman–Crippen LogP) is 2.13. The van der Waals surface area contributed by atoms with Gasteiger partial charge in [-0.25, -0.2) is 8.91 Å². The smallest absolute Gasteiger partial charge is 0.255 e. The molecule has 1 fully saturated rings. The van der Waals surface area contributed by atoms with Crippen molar-refractivity contribution < 1.29 is 14.3 Å². The fraction of sp³-hybridized carbons (Fsp3) is 0.417. The highest BCUT2D eigenvalue weighted by atomic mass is 19.1. The number of aromatic nitrogens is 3. The van der Waals surface area contributed by atoms with Gasteiger partial charge in [0, 0.05) is 12.7 Å². The average Bonchev–Trinajstić information content (AvgIpc) is 3.49. The number of hydrogen-bond donors (Lipinski definition) is 4. The van der Waals surface area contributed by atoms with E-state index >= 15 is 0 Å². The lowest BCUT2D eigenvalue weighted by Gasteiger charge is -2.23. The van der Waals surface area contributed by atoms with E-state index in [2.05, 4.69) is 32.1 Å². The SMILES string of the molecule is CC(C)(O)C(F)CNC(=O)c1cnc(-c2ccc3cc(C#N)cnn23)cc1NC[C@H]1CCNC1. The van der Waals surface area contributed by atoms with E-state index < -0.39 is 17.7 Å². The number of nitriles is 1. The minimum absolute atomic E-state index is 0.290. The molecule has 178 valence electrons. The summed E-state index contributed by atoms with van der Waals surface area (Å²) in [5.74, 6) is -0.0482. The average molecular weight is 466 g/mol. The molecule has 0 spiro atoms. The van der Waals surface area contributed by atoms with Gasteiger partial charge in [-0.15, -0.1) is 0 Å². The number of amides is 1. The first kappa shape index (κ1) is 23.6. The number of carbonyl (C=O) groups excluding carboxylic acids is 1. The second kappa shape index (κ2) is 9.75. The Hall–Kier alpha value is -3.55. The molecule has 1 aliphatic heterocycles. The van der Waals surface area contributed by atoms with Crippen LogP contribution in [-0.4, -0.2) is 63.6 Å². The molecule has 4 rings (SSSR count). The van der Waals surface area contributed by atoms with Gasteiger partial charge < -0.3 is 21.1 Å². The lowest BCUT2D eigenvalue weighted by atomic mass is 10.0. The first-order valence-electron chi connectivity index (χ1n) is 11.2. The molecule has 1 amide bonds. The number of nitrogens with one attached hydrogen (secondary N) is 3. The number of pyridine rings is 1. The standard InChI is InChI=1S/C24H28FN7O2/c1-24(2,34)22(25)14-30-23(33)18-13-29-20(8-19(18)28-11-15-5-6-27-10-15)21-4-3-17-7-16(9-26)12-31-32(17)21/h3-4,7-8,12-13,15,22,27,34H,5-6,10-11,14H2,1-2H3,(H,28,29)(H,30,33)/t15-,22?/m0/s1. The van der Waals surface area contributed by atoms with E-state index in [1.807, 2.05) is 12.1 Å². The monoisotopic (exact) mass is 465 g/mol. The van der Waals surface area contributed by atoms with Crippen LogP contribution in [0.5, 0.6) is 0 Å². The van der Waals surface area contributed by atoms with Crippen LogP contribution in [0.3, 0.4) is 0 Å². The van der Waals surface area contributed by atoms with Gasteiger partial charge in [0.2, 0.25) is 0 Å². The molecule has 0 saturated carbocycles. The molecule has 0 radical (unpaired) electrons. The summed E-state index contributed by atoms with van der Waals surface area (Å²) in [5, 5.41) is 32.5. The van der Waals surface area contributed by atoms with Crippen LogP contribution in [0.4, 0.5) is 10.1 Å². The minimum atomic E-state index is -1.61. The van der Waals surface area contributed by atoms with E-state index in [0.717, 1.165) is 25.0 Å². The first-order chi connectivity index (χ1) is 16.3. The Kier molecular flexibility index (Phi) is 6.77. The molecule has 2 atom stereocenters. The molecule has 1 aliphatic rings. The van der Waals surface area contributed by atoms with Crippen molar-refractivity contribution >= 4 is 17.1 Å². The van der Waals surface area contributed by atoms with Gasteiger partial charge in [0.25, 0.3) is 5.91 Å². The molecule has 0 bridgehead atoms. The Morgan fingerprint density at radius 2 is 2.24 bits per heavy atom. The lowest BCUT2D eigenvalue weighted by molar-refractivity contribution is -0.00177. The molecular weight excluding hydrogens is 437 g/mol. The maximum atomic E-state index is 14.2. The molecule has 0 aliphatic carbocycles. The summed E-state index contributed by atoms with van der Waals surface area (Å²) in [6.45, 7) is 4.94. The van der Waals surface area contributed by atoms with Crippen LogP contribution in [-0.2, 0) is 0 Å². The fourth-order valence-corrected chi connectivity index (χ4v) is 3.85. The van der Waals surface area contributed by atoms with Gasteiger partial charge >= 0.3 is 0 Å². The Labute approximate surface area is 197 Å². The van der Waals surface area contributed by atoms with E-state index in [9.17, 15) is 14.3 Å². The summed E-state index contributed by atoms with van der Waals surface area (Å²) in [6.07, 6.45) is 2.37. The zero-order valence-electron chi connectivity index (χ0n) is 19.2. The van der Waals surface area contributed by atoms with Crippen molar-refractivity contribution in [1.82, 2.24) is 25.2 Å². The van der Waals surface area contributed by atoms with Gasteiger partial charge in [-0.1, -0.05) is 0 Å². The van der Waals surface area contributed by atoms with Crippen molar-refractivity contribution in [1.29, 1.82) is 5.26 Å². The summed E-state index contributed by atoms with van der Waals surface area (Å²) in [5.41, 5.74) is 1.84. The molecule has 9 nitrogen and oxygen atoms in total. The molecule has 1 unspecified atom stereocenters. The third-order valence-corrected chi connectivity index (χ3v) is 5.99. The number of aliphatic hydroxyl groups is 1. The highest BCUT2D eigenvalue weighted by Gasteiger charge is 2.27. The van der Waals surface area contributed by atoms with Gasteiger partial charge in [-0.05, 0) is 63.5 Å². The quantitative estimate of drug-likeness (QED) is 0.401. The Bertz CT molecular complexity index is 1220. The number of halogens is 1. The second-order valence-electron chi connectivity index (χ2n) is 9.10. The Morgan fingerprint density at radius 3 is 2.94 bits per heavy atom. The fourth-order valence-electron chi connectivity index (χ4n) is 3.85. The molecular formula is C24H28FN7O2. The number of rotatable bonds is 8. The first-order valence-corrected chi connectivity index (χ1v) is 11.2. The van der Waals surface area contributed by atoms with Crippen molar-refractivity contribution in [3.05, 3.63) is 47.8 Å². The summed E-state index contributed by atoms with van der Waals surface area (Å²) < 4.78 is 15.8. The lowest BCUT2D eigenvalue weighted by Crippen LogP contribution is -2.42. The molecule has 34 heavy (non-hydrogen) atoms. The molecule has 4 N–H and O–H groups in total. The zero-order chi connectivity index (χ0) is 24.3.